The Morgan fingerprint density at radius 2 is 2.29 bits per heavy atom. The van der Waals surface area contributed by atoms with Crippen LogP contribution < -0.4 is 4.90 Å². The van der Waals surface area contributed by atoms with E-state index in [2.05, 4.69) is 5.92 Å². The van der Waals surface area contributed by atoms with Crippen molar-refractivity contribution < 1.29 is 4.79 Å². The normalized spacial score (nSPS) is 18.9. The van der Waals surface area contributed by atoms with Crippen LogP contribution in [0.5, 0.6) is 0 Å². The molecule has 1 aromatic rings. The first-order chi connectivity index (χ1) is 8.15. The van der Waals surface area contributed by atoms with Gasteiger partial charge in [0, 0.05) is 23.9 Å². The van der Waals surface area contributed by atoms with Gasteiger partial charge in [-0.2, -0.15) is 5.26 Å². The second-order valence-electron chi connectivity index (χ2n) is 3.85. The zero-order chi connectivity index (χ0) is 12.4. The van der Waals surface area contributed by atoms with Gasteiger partial charge in [-0.25, -0.2) is 0 Å². The Kier molecular flexibility index (Phi) is 3.04. The zero-order valence-corrected chi connectivity index (χ0v) is 9.74. The molecule has 2 rings (SSSR count). The van der Waals surface area contributed by atoms with Crippen molar-refractivity contribution in [2.45, 2.75) is 6.42 Å². The molecule has 1 heterocycles. The third-order valence-electron chi connectivity index (χ3n) is 2.73. The topological polar surface area (TPSA) is 44.1 Å². The molecule has 3 nitrogen and oxygen atoms in total. The summed E-state index contributed by atoms with van der Waals surface area (Å²) in [7, 11) is 0. The third kappa shape index (κ3) is 2.11. The highest BCUT2D eigenvalue weighted by Gasteiger charge is 2.30. The lowest BCUT2D eigenvalue weighted by Gasteiger charge is -2.17. The number of carbonyl (C=O) groups is 1. The SMILES string of the molecule is C#CC1CC(=O)N(c2ccc(Cl)cc2C#N)C1. The summed E-state index contributed by atoms with van der Waals surface area (Å²) < 4.78 is 0. The molecule has 0 radical (unpaired) electrons. The van der Waals surface area contributed by atoms with Gasteiger partial charge in [0.2, 0.25) is 5.91 Å². The van der Waals surface area contributed by atoms with Crippen molar-refractivity contribution in [3.05, 3.63) is 28.8 Å². The minimum atomic E-state index is -0.0790. The molecule has 4 heteroatoms. The summed E-state index contributed by atoms with van der Waals surface area (Å²) in [6, 6.07) is 6.92. The van der Waals surface area contributed by atoms with Gasteiger partial charge in [0.25, 0.3) is 0 Å². The van der Waals surface area contributed by atoms with E-state index in [1.165, 1.54) is 0 Å². The zero-order valence-electron chi connectivity index (χ0n) is 8.98. The molecule has 0 bridgehead atoms. The van der Waals surface area contributed by atoms with E-state index in [4.69, 9.17) is 23.3 Å². The number of terminal acetylenes is 1. The van der Waals surface area contributed by atoms with Crippen LogP contribution in [0.4, 0.5) is 5.69 Å². The van der Waals surface area contributed by atoms with Crippen LogP contribution in [0, 0.1) is 29.6 Å². The average Bonchev–Trinajstić information content (AvgIpc) is 2.70. The number of nitrogens with zero attached hydrogens (tertiary/aromatic N) is 2. The summed E-state index contributed by atoms with van der Waals surface area (Å²) >= 11 is 5.81. The second kappa shape index (κ2) is 4.49. The number of carbonyl (C=O) groups excluding carboxylic acids is 1. The molecule has 1 aliphatic rings. The lowest BCUT2D eigenvalue weighted by Crippen LogP contribution is -2.25. The molecule has 84 valence electrons. The first kappa shape index (κ1) is 11.5. The standard InChI is InChI=1S/C13H9ClN2O/c1-2-9-5-13(17)16(8-9)12-4-3-11(14)6-10(12)7-15/h1,3-4,6,9H,5,8H2. The Labute approximate surface area is 105 Å². The largest absolute Gasteiger partial charge is 0.310 e. The van der Waals surface area contributed by atoms with Crippen LogP contribution in [0.2, 0.25) is 5.02 Å². The molecule has 1 fully saturated rings. The fourth-order valence-electron chi connectivity index (χ4n) is 1.89. The molecule has 0 aliphatic carbocycles. The van der Waals surface area contributed by atoms with E-state index in [0.29, 0.717) is 29.2 Å². The van der Waals surface area contributed by atoms with Gasteiger partial charge in [-0.3, -0.25) is 4.79 Å². The third-order valence-corrected chi connectivity index (χ3v) is 2.97. The van der Waals surface area contributed by atoms with Gasteiger partial charge in [-0.05, 0) is 18.2 Å². The molecule has 1 atom stereocenters. The molecule has 1 aromatic carbocycles. The summed E-state index contributed by atoms with van der Waals surface area (Å²) in [6.07, 6.45) is 5.65. The van der Waals surface area contributed by atoms with Crippen molar-refractivity contribution in [2.75, 3.05) is 11.4 Å². The Morgan fingerprint density at radius 3 is 2.88 bits per heavy atom. The highest BCUT2D eigenvalue weighted by Crippen LogP contribution is 2.29. The molecule has 1 aliphatic heterocycles. The maximum atomic E-state index is 11.8. The van der Waals surface area contributed by atoms with Crippen molar-refractivity contribution in [1.82, 2.24) is 0 Å². The monoisotopic (exact) mass is 244 g/mol. The first-order valence-electron chi connectivity index (χ1n) is 5.12. The van der Waals surface area contributed by atoms with Crippen LogP contribution in [-0.4, -0.2) is 12.5 Å². The van der Waals surface area contributed by atoms with Crippen molar-refractivity contribution in [3.8, 4) is 18.4 Å². The Bertz CT molecular complexity index is 554. The number of benzene rings is 1. The molecule has 1 amide bonds. The number of nitriles is 1. The van der Waals surface area contributed by atoms with Gasteiger partial charge >= 0.3 is 0 Å². The van der Waals surface area contributed by atoms with E-state index in [-0.39, 0.29) is 11.8 Å². The van der Waals surface area contributed by atoms with E-state index in [0.717, 1.165) is 0 Å². The fourth-order valence-corrected chi connectivity index (χ4v) is 2.06. The number of hydrogen-bond acceptors (Lipinski definition) is 2. The van der Waals surface area contributed by atoms with E-state index < -0.39 is 0 Å². The van der Waals surface area contributed by atoms with Crippen LogP contribution in [0.25, 0.3) is 0 Å². The van der Waals surface area contributed by atoms with Crippen LogP contribution in [0.1, 0.15) is 12.0 Å². The van der Waals surface area contributed by atoms with Crippen LogP contribution in [0.3, 0.4) is 0 Å². The number of hydrogen-bond donors (Lipinski definition) is 0. The second-order valence-corrected chi connectivity index (χ2v) is 4.28. The molecule has 0 aromatic heterocycles. The maximum absolute atomic E-state index is 11.8. The number of halogens is 1. The highest BCUT2D eigenvalue weighted by molar-refractivity contribution is 6.30. The lowest BCUT2D eigenvalue weighted by atomic mass is 10.1. The summed E-state index contributed by atoms with van der Waals surface area (Å²) in [5.74, 6) is 2.44. The first-order valence-corrected chi connectivity index (χ1v) is 5.49. The van der Waals surface area contributed by atoms with Crippen LogP contribution >= 0.6 is 11.6 Å². The van der Waals surface area contributed by atoms with Gasteiger partial charge in [0.1, 0.15) is 6.07 Å². The molecular weight excluding hydrogens is 236 g/mol. The Morgan fingerprint density at radius 1 is 1.53 bits per heavy atom. The van der Waals surface area contributed by atoms with Crippen molar-refractivity contribution in [2.24, 2.45) is 5.92 Å². The summed E-state index contributed by atoms with van der Waals surface area (Å²) in [5, 5.41) is 9.50. The minimum Gasteiger partial charge on any atom is -0.310 e. The van der Waals surface area contributed by atoms with Crippen LogP contribution in [-0.2, 0) is 4.79 Å². The fraction of sp³-hybridized carbons (Fsp3) is 0.231. The van der Waals surface area contributed by atoms with Crippen molar-refractivity contribution in [1.29, 1.82) is 5.26 Å². The quantitative estimate of drug-likeness (QED) is 0.711. The van der Waals surface area contributed by atoms with Gasteiger partial charge in [0.05, 0.1) is 11.3 Å². The Balaban J connectivity index is 2.39. The van der Waals surface area contributed by atoms with Gasteiger partial charge in [0.15, 0.2) is 0 Å². The molecule has 1 unspecified atom stereocenters. The minimum absolute atomic E-state index is 0.0493. The van der Waals surface area contributed by atoms with Crippen LogP contribution in [0.15, 0.2) is 18.2 Å². The Hall–Kier alpha value is -1.97. The van der Waals surface area contributed by atoms with E-state index >= 15 is 0 Å². The molecule has 0 saturated carbocycles. The average molecular weight is 245 g/mol. The predicted molar refractivity (Wildman–Crippen MR) is 65.5 cm³/mol. The van der Waals surface area contributed by atoms with Crippen molar-refractivity contribution >= 4 is 23.2 Å². The molecule has 0 spiro atoms. The molecule has 17 heavy (non-hydrogen) atoms. The molecule has 0 N–H and O–H groups in total. The predicted octanol–water partition coefficient (Wildman–Crippen LogP) is 2.20. The van der Waals surface area contributed by atoms with Gasteiger partial charge < -0.3 is 4.90 Å². The van der Waals surface area contributed by atoms with Crippen molar-refractivity contribution in [3.63, 3.8) is 0 Å². The van der Waals surface area contributed by atoms with E-state index in [1.54, 1.807) is 23.1 Å². The van der Waals surface area contributed by atoms with E-state index in [9.17, 15) is 4.79 Å². The maximum Gasteiger partial charge on any atom is 0.228 e. The summed E-state index contributed by atoms with van der Waals surface area (Å²) in [6.45, 7) is 0.464. The lowest BCUT2D eigenvalue weighted by molar-refractivity contribution is -0.117. The summed E-state index contributed by atoms with van der Waals surface area (Å²) in [5.41, 5.74) is 0.975. The molecular formula is C13H9ClN2O. The van der Waals surface area contributed by atoms with E-state index in [1.807, 2.05) is 6.07 Å². The van der Waals surface area contributed by atoms with Gasteiger partial charge in [-0.15, -0.1) is 12.3 Å². The van der Waals surface area contributed by atoms with Gasteiger partial charge in [-0.1, -0.05) is 11.6 Å². The molecule has 1 saturated heterocycles. The number of rotatable bonds is 1. The number of anilines is 1. The smallest absolute Gasteiger partial charge is 0.228 e. The highest BCUT2D eigenvalue weighted by atomic mass is 35.5. The summed E-state index contributed by atoms with van der Waals surface area (Å²) in [4.78, 5) is 13.3. The number of amides is 1.